The SMILES string of the molecule is C=CCCCCOCc1ccc(-c2cccc(COC)c2)cc1. The molecule has 0 unspecified atom stereocenters. The van der Waals surface area contributed by atoms with Crippen molar-refractivity contribution in [2.75, 3.05) is 13.7 Å². The van der Waals surface area contributed by atoms with Gasteiger partial charge in [-0.1, -0.05) is 48.5 Å². The third-order valence-corrected chi connectivity index (χ3v) is 3.74. The van der Waals surface area contributed by atoms with Gasteiger partial charge in [0.05, 0.1) is 13.2 Å². The number of allylic oxidation sites excluding steroid dienone is 1. The van der Waals surface area contributed by atoms with E-state index in [1.165, 1.54) is 22.3 Å². The maximum absolute atomic E-state index is 5.71. The Morgan fingerprint density at radius 2 is 1.74 bits per heavy atom. The zero-order valence-electron chi connectivity index (χ0n) is 14.0. The third kappa shape index (κ3) is 6.01. The van der Waals surface area contributed by atoms with Crippen molar-refractivity contribution < 1.29 is 9.47 Å². The van der Waals surface area contributed by atoms with Crippen LogP contribution < -0.4 is 0 Å². The number of unbranched alkanes of at least 4 members (excludes halogenated alkanes) is 2. The first-order valence-electron chi connectivity index (χ1n) is 8.19. The molecule has 0 N–H and O–H groups in total. The summed E-state index contributed by atoms with van der Waals surface area (Å²) in [5.41, 5.74) is 4.84. The van der Waals surface area contributed by atoms with E-state index in [1.807, 2.05) is 6.08 Å². The van der Waals surface area contributed by atoms with Crippen molar-refractivity contribution >= 4 is 0 Å². The minimum absolute atomic E-state index is 0.644. The third-order valence-electron chi connectivity index (χ3n) is 3.74. The molecule has 0 aliphatic rings. The standard InChI is InChI=1S/C21H26O2/c1-3-4-5-6-14-23-17-18-10-12-20(13-11-18)21-9-7-8-19(15-21)16-22-2/h3,7-13,15H,1,4-6,14,16-17H2,2H3. The van der Waals surface area contributed by atoms with Crippen LogP contribution in [0.1, 0.15) is 30.4 Å². The summed E-state index contributed by atoms with van der Waals surface area (Å²) in [6.07, 6.45) is 5.27. The molecule has 0 radical (unpaired) electrons. The highest BCUT2D eigenvalue weighted by Gasteiger charge is 2.00. The molecule has 2 aromatic carbocycles. The molecule has 0 atom stereocenters. The zero-order valence-corrected chi connectivity index (χ0v) is 14.0. The van der Waals surface area contributed by atoms with Crippen LogP contribution in [-0.4, -0.2) is 13.7 Å². The Morgan fingerprint density at radius 1 is 0.913 bits per heavy atom. The van der Waals surface area contributed by atoms with E-state index in [-0.39, 0.29) is 0 Å². The summed E-state index contributed by atoms with van der Waals surface area (Å²) in [6, 6.07) is 17.1. The van der Waals surface area contributed by atoms with E-state index in [9.17, 15) is 0 Å². The van der Waals surface area contributed by atoms with Crippen LogP contribution in [0, 0.1) is 0 Å². The van der Waals surface area contributed by atoms with E-state index >= 15 is 0 Å². The Balaban J connectivity index is 1.86. The van der Waals surface area contributed by atoms with Gasteiger partial charge in [0.25, 0.3) is 0 Å². The van der Waals surface area contributed by atoms with Gasteiger partial charge in [-0.3, -0.25) is 0 Å². The molecule has 0 heterocycles. The van der Waals surface area contributed by atoms with Gasteiger partial charge in [-0.05, 0) is 47.6 Å². The lowest BCUT2D eigenvalue weighted by atomic mass is 10.0. The van der Waals surface area contributed by atoms with Gasteiger partial charge in [0.2, 0.25) is 0 Å². The average molecular weight is 310 g/mol. The van der Waals surface area contributed by atoms with Crippen LogP contribution in [-0.2, 0) is 22.7 Å². The van der Waals surface area contributed by atoms with E-state index in [0.29, 0.717) is 13.2 Å². The van der Waals surface area contributed by atoms with Gasteiger partial charge >= 0.3 is 0 Å². The average Bonchev–Trinajstić information content (AvgIpc) is 2.59. The Morgan fingerprint density at radius 3 is 2.48 bits per heavy atom. The van der Waals surface area contributed by atoms with Crippen molar-refractivity contribution in [2.45, 2.75) is 32.5 Å². The summed E-state index contributed by atoms with van der Waals surface area (Å²) >= 11 is 0. The summed E-state index contributed by atoms with van der Waals surface area (Å²) in [5, 5.41) is 0. The molecule has 2 rings (SSSR count). The molecular weight excluding hydrogens is 284 g/mol. The number of hydrogen-bond acceptors (Lipinski definition) is 2. The van der Waals surface area contributed by atoms with Gasteiger partial charge in [0.15, 0.2) is 0 Å². The molecule has 0 aliphatic heterocycles. The minimum Gasteiger partial charge on any atom is -0.380 e. The molecule has 2 nitrogen and oxygen atoms in total. The maximum Gasteiger partial charge on any atom is 0.0716 e. The lowest BCUT2D eigenvalue weighted by Crippen LogP contribution is -1.95. The summed E-state index contributed by atoms with van der Waals surface area (Å²) in [4.78, 5) is 0. The lowest BCUT2D eigenvalue weighted by molar-refractivity contribution is 0.117. The van der Waals surface area contributed by atoms with E-state index in [2.05, 4.69) is 55.1 Å². The van der Waals surface area contributed by atoms with E-state index in [0.717, 1.165) is 25.9 Å². The smallest absolute Gasteiger partial charge is 0.0716 e. The van der Waals surface area contributed by atoms with Crippen molar-refractivity contribution in [3.8, 4) is 11.1 Å². The summed E-state index contributed by atoms with van der Waals surface area (Å²) in [7, 11) is 1.72. The predicted molar refractivity (Wildman–Crippen MR) is 96.3 cm³/mol. The normalized spacial score (nSPS) is 10.7. The van der Waals surface area contributed by atoms with E-state index < -0.39 is 0 Å². The van der Waals surface area contributed by atoms with Crippen molar-refractivity contribution in [3.05, 3.63) is 72.3 Å². The second kappa shape index (κ2) is 9.98. The Labute approximate surface area is 139 Å². The number of methoxy groups -OCH3 is 1. The molecule has 122 valence electrons. The van der Waals surface area contributed by atoms with Crippen LogP contribution >= 0.6 is 0 Å². The van der Waals surface area contributed by atoms with Gasteiger partial charge in [-0.2, -0.15) is 0 Å². The monoisotopic (exact) mass is 310 g/mol. The van der Waals surface area contributed by atoms with Crippen LogP contribution in [0.15, 0.2) is 61.2 Å². The van der Waals surface area contributed by atoms with E-state index in [1.54, 1.807) is 7.11 Å². The molecular formula is C21H26O2. The Hall–Kier alpha value is -1.90. The van der Waals surface area contributed by atoms with Crippen LogP contribution in [0.3, 0.4) is 0 Å². The highest BCUT2D eigenvalue weighted by Crippen LogP contribution is 2.21. The maximum atomic E-state index is 5.71. The summed E-state index contributed by atoms with van der Waals surface area (Å²) in [5.74, 6) is 0. The quantitative estimate of drug-likeness (QED) is 0.434. The lowest BCUT2D eigenvalue weighted by Gasteiger charge is -2.07. The molecule has 0 bridgehead atoms. The topological polar surface area (TPSA) is 18.5 Å². The van der Waals surface area contributed by atoms with Crippen molar-refractivity contribution in [2.24, 2.45) is 0 Å². The molecule has 0 saturated heterocycles. The van der Waals surface area contributed by atoms with Gasteiger partial charge in [0.1, 0.15) is 0 Å². The molecule has 0 fully saturated rings. The zero-order chi connectivity index (χ0) is 16.3. The second-order valence-corrected chi connectivity index (χ2v) is 5.67. The van der Waals surface area contributed by atoms with Crippen LogP contribution in [0.25, 0.3) is 11.1 Å². The number of hydrogen-bond donors (Lipinski definition) is 0. The summed E-state index contributed by atoms with van der Waals surface area (Å²) in [6.45, 7) is 5.86. The molecule has 0 aliphatic carbocycles. The van der Waals surface area contributed by atoms with Crippen LogP contribution in [0.5, 0.6) is 0 Å². The minimum atomic E-state index is 0.644. The van der Waals surface area contributed by atoms with Gasteiger partial charge < -0.3 is 9.47 Å². The molecule has 0 spiro atoms. The molecule has 0 amide bonds. The van der Waals surface area contributed by atoms with E-state index in [4.69, 9.17) is 9.47 Å². The first kappa shape index (κ1) is 17.5. The van der Waals surface area contributed by atoms with Crippen LogP contribution in [0.4, 0.5) is 0 Å². The predicted octanol–water partition coefficient (Wildman–Crippen LogP) is 5.37. The number of benzene rings is 2. The largest absolute Gasteiger partial charge is 0.380 e. The highest BCUT2D eigenvalue weighted by atomic mass is 16.5. The fourth-order valence-electron chi connectivity index (χ4n) is 2.48. The first-order valence-corrected chi connectivity index (χ1v) is 8.19. The Bertz CT molecular complexity index is 587. The second-order valence-electron chi connectivity index (χ2n) is 5.67. The van der Waals surface area contributed by atoms with Crippen molar-refractivity contribution in [1.29, 1.82) is 0 Å². The fourth-order valence-corrected chi connectivity index (χ4v) is 2.48. The highest BCUT2D eigenvalue weighted by molar-refractivity contribution is 5.64. The molecule has 0 aromatic heterocycles. The van der Waals surface area contributed by atoms with Gasteiger partial charge in [-0.25, -0.2) is 0 Å². The number of rotatable bonds is 10. The fraction of sp³-hybridized carbons (Fsp3) is 0.333. The number of ether oxygens (including phenoxy) is 2. The summed E-state index contributed by atoms with van der Waals surface area (Å²) < 4.78 is 10.9. The molecule has 2 heteroatoms. The Kier molecular flexibility index (Phi) is 7.58. The van der Waals surface area contributed by atoms with Gasteiger partial charge in [0, 0.05) is 13.7 Å². The van der Waals surface area contributed by atoms with Crippen LogP contribution in [0.2, 0.25) is 0 Å². The molecule has 2 aromatic rings. The van der Waals surface area contributed by atoms with Crippen molar-refractivity contribution in [3.63, 3.8) is 0 Å². The molecule has 23 heavy (non-hydrogen) atoms. The van der Waals surface area contributed by atoms with Crippen molar-refractivity contribution in [1.82, 2.24) is 0 Å². The first-order chi connectivity index (χ1) is 11.3. The van der Waals surface area contributed by atoms with Gasteiger partial charge in [-0.15, -0.1) is 6.58 Å². The molecule has 0 saturated carbocycles.